The molecule has 0 aliphatic carbocycles. The van der Waals surface area contributed by atoms with Crippen molar-refractivity contribution in [2.75, 3.05) is 20.1 Å². The first-order valence-corrected chi connectivity index (χ1v) is 9.46. The Bertz CT molecular complexity index is 960. The first kappa shape index (κ1) is 19.8. The zero-order chi connectivity index (χ0) is 20.6. The molecule has 1 saturated heterocycles. The summed E-state index contributed by atoms with van der Waals surface area (Å²) >= 11 is 0. The average Bonchev–Trinajstić information content (AvgIpc) is 3.11. The fourth-order valence-corrected chi connectivity index (χ4v) is 3.61. The van der Waals surface area contributed by atoms with Crippen LogP contribution in [0.2, 0.25) is 0 Å². The minimum absolute atomic E-state index is 0.0379. The van der Waals surface area contributed by atoms with E-state index in [-0.39, 0.29) is 11.7 Å². The number of aromatic amines is 1. The second-order valence-corrected chi connectivity index (χ2v) is 7.39. The van der Waals surface area contributed by atoms with Crippen molar-refractivity contribution in [3.63, 3.8) is 0 Å². The Labute approximate surface area is 165 Å². The zero-order valence-electron chi connectivity index (χ0n) is 15.8. The molecule has 2 heterocycles. The van der Waals surface area contributed by atoms with Crippen LogP contribution in [0.4, 0.5) is 17.6 Å². The smallest absolute Gasteiger partial charge is 0.362 e. The van der Waals surface area contributed by atoms with Gasteiger partial charge in [-0.25, -0.2) is 9.37 Å². The minimum atomic E-state index is -4.61. The van der Waals surface area contributed by atoms with E-state index in [1.807, 2.05) is 31.3 Å². The van der Waals surface area contributed by atoms with E-state index >= 15 is 0 Å². The summed E-state index contributed by atoms with van der Waals surface area (Å²) in [7, 11) is 2.02. The quantitative estimate of drug-likeness (QED) is 0.624. The number of aromatic nitrogens is 2. The standard InChI is InChI=1S/C21H21F4N3O/c1-28-10-8-14(9-11-28)29-19(20-26-17-4-2-3-5-18(17)27-20)15-7-6-13(12-16(15)22)21(23,24)25/h2-7,12,14,19H,8-11H2,1H3,(H,26,27). The van der Waals surface area contributed by atoms with Gasteiger partial charge in [0.1, 0.15) is 17.7 Å². The van der Waals surface area contributed by atoms with Gasteiger partial charge in [-0.3, -0.25) is 0 Å². The molecule has 29 heavy (non-hydrogen) atoms. The molecular weight excluding hydrogens is 386 g/mol. The molecule has 0 radical (unpaired) electrons. The van der Waals surface area contributed by atoms with Gasteiger partial charge in [0.25, 0.3) is 0 Å². The number of ether oxygens (including phenoxy) is 1. The second kappa shape index (κ2) is 7.76. The third-order valence-electron chi connectivity index (χ3n) is 5.26. The van der Waals surface area contributed by atoms with E-state index in [1.54, 1.807) is 0 Å². The number of nitrogens with one attached hydrogen (secondary N) is 1. The number of para-hydroxylation sites is 2. The Morgan fingerprint density at radius 1 is 1.14 bits per heavy atom. The van der Waals surface area contributed by atoms with Crippen molar-refractivity contribution in [2.45, 2.75) is 31.2 Å². The molecule has 1 aliphatic heterocycles. The Kier molecular flexibility index (Phi) is 5.31. The fraction of sp³-hybridized carbons (Fsp3) is 0.381. The zero-order valence-corrected chi connectivity index (χ0v) is 15.8. The maximum Gasteiger partial charge on any atom is 0.416 e. The van der Waals surface area contributed by atoms with Crippen LogP contribution in [0, 0.1) is 5.82 Å². The molecule has 1 aromatic heterocycles. The number of likely N-dealkylation sites (tertiary alicyclic amines) is 1. The van der Waals surface area contributed by atoms with Gasteiger partial charge in [-0.05, 0) is 44.2 Å². The summed E-state index contributed by atoms with van der Waals surface area (Å²) in [5.74, 6) is -0.581. The van der Waals surface area contributed by atoms with E-state index in [2.05, 4.69) is 14.9 Å². The fourth-order valence-electron chi connectivity index (χ4n) is 3.61. The van der Waals surface area contributed by atoms with Gasteiger partial charge in [0.15, 0.2) is 0 Å². The number of fused-ring (bicyclic) bond motifs is 1. The predicted octanol–water partition coefficient (Wildman–Crippen LogP) is 4.92. The summed E-state index contributed by atoms with van der Waals surface area (Å²) in [5, 5.41) is 0. The van der Waals surface area contributed by atoms with Crippen molar-refractivity contribution in [3.05, 3.63) is 65.2 Å². The number of alkyl halides is 3. The molecule has 4 rings (SSSR count). The van der Waals surface area contributed by atoms with Crippen LogP contribution in [-0.4, -0.2) is 41.1 Å². The summed E-state index contributed by atoms with van der Waals surface area (Å²) in [6.45, 7) is 1.68. The molecule has 1 fully saturated rings. The molecule has 0 amide bonds. The van der Waals surface area contributed by atoms with Gasteiger partial charge in [-0.1, -0.05) is 18.2 Å². The molecule has 0 spiro atoms. The number of hydrogen-bond donors (Lipinski definition) is 1. The highest BCUT2D eigenvalue weighted by atomic mass is 19.4. The number of H-pyrrole nitrogens is 1. The van der Waals surface area contributed by atoms with E-state index in [0.29, 0.717) is 17.4 Å². The highest BCUT2D eigenvalue weighted by Crippen LogP contribution is 2.35. The number of rotatable bonds is 4. The maximum absolute atomic E-state index is 14.8. The lowest BCUT2D eigenvalue weighted by molar-refractivity contribution is -0.137. The molecule has 0 saturated carbocycles. The van der Waals surface area contributed by atoms with Crippen LogP contribution < -0.4 is 0 Å². The minimum Gasteiger partial charge on any atom is -0.362 e. The Balaban J connectivity index is 1.71. The van der Waals surface area contributed by atoms with E-state index in [4.69, 9.17) is 4.74 Å². The Hall–Kier alpha value is -2.45. The topological polar surface area (TPSA) is 41.1 Å². The van der Waals surface area contributed by atoms with Crippen molar-refractivity contribution >= 4 is 11.0 Å². The van der Waals surface area contributed by atoms with Gasteiger partial charge >= 0.3 is 6.18 Å². The predicted molar refractivity (Wildman–Crippen MR) is 101 cm³/mol. The number of piperidine rings is 1. The van der Waals surface area contributed by atoms with Crippen LogP contribution in [-0.2, 0) is 10.9 Å². The third kappa shape index (κ3) is 4.28. The van der Waals surface area contributed by atoms with Gasteiger partial charge in [0, 0.05) is 18.7 Å². The van der Waals surface area contributed by atoms with Crippen molar-refractivity contribution in [2.24, 2.45) is 0 Å². The lowest BCUT2D eigenvalue weighted by Crippen LogP contribution is -2.35. The SMILES string of the molecule is CN1CCC(OC(c2nc3ccccc3[nH]2)c2ccc(C(F)(F)F)cc2F)CC1. The van der Waals surface area contributed by atoms with E-state index in [9.17, 15) is 17.6 Å². The number of nitrogens with zero attached hydrogens (tertiary/aromatic N) is 2. The Morgan fingerprint density at radius 3 is 2.52 bits per heavy atom. The van der Waals surface area contributed by atoms with Crippen molar-refractivity contribution < 1.29 is 22.3 Å². The number of benzene rings is 2. The van der Waals surface area contributed by atoms with Crippen molar-refractivity contribution in [3.8, 4) is 0 Å². The van der Waals surface area contributed by atoms with Gasteiger partial charge < -0.3 is 14.6 Å². The second-order valence-electron chi connectivity index (χ2n) is 7.39. The molecule has 1 unspecified atom stereocenters. The molecule has 2 aromatic carbocycles. The number of imidazole rings is 1. The van der Waals surface area contributed by atoms with Crippen molar-refractivity contribution in [1.29, 1.82) is 0 Å². The lowest BCUT2D eigenvalue weighted by atomic mass is 10.0. The molecule has 3 aromatic rings. The van der Waals surface area contributed by atoms with Crippen LogP contribution in [0.15, 0.2) is 42.5 Å². The van der Waals surface area contributed by atoms with Gasteiger partial charge in [0.2, 0.25) is 0 Å². The van der Waals surface area contributed by atoms with E-state index < -0.39 is 23.7 Å². The Morgan fingerprint density at radius 2 is 1.86 bits per heavy atom. The highest BCUT2D eigenvalue weighted by molar-refractivity contribution is 5.74. The normalized spacial score (nSPS) is 17.7. The van der Waals surface area contributed by atoms with E-state index in [1.165, 1.54) is 0 Å². The van der Waals surface area contributed by atoms with Gasteiger partial charge in [-0.2, -0.15) is 13.2 Å². The summed E-state index contributed by atoms with van der Waals surface area (Å²) < 4.78 is 59.8. The van der Waals surface area contributed by atoms with Crippen LogP contribution in [0.5, 0.6) is 0 Å². The van der Waals surface area contributed by atoms with Crippen LogP contribution in [0.3, 0.4) is 0 Å². The monoisotopic (exact) mass is 407 g/mol. The number of halogens is 4. The molecule has 1 atom stereocenters. The van der Waals surface area contributed by atoms with Gasteiger partial charge in [0.05, 0.1) is 22.7 Å². The maximum atomic E-state index is 14.8. The van der Waals surface area contributed by atoms with Crippen LogP contribution in [0.1, 0.15) is 35.9 Å². The lowest BCUT2D eigenvalue weighted by Gasteiger charge is -2.31. The summed E-state index contributed by atoms with van der Waals surface area (Å²) in [6, 6.07) is 9.86. The largest absolute Gasteiger partial charge is 0.416 e. The summed E-state index contributed by atoms with van der Waals surface area (Å²) in [6.07, 6.45) is -4.14. The van der Waals surface area contributed by atoms with E-state index in [0.717, 1.165) is 43.6 Å². The summed E-state index contributed by atoms with van der Waals surface area (Å²) in [5.41, 5.74) is 0.455. The third-order valence-corrected chi connectivity index (χ3v) is 5.26. The molecule has 8 heteroatoms. The molecule has 0 bridgehead atoms. The molecule has 154 valence electrons. The van der Waals surface area contributed by atoms with Crippen LogP contribution in [0.25, 0.3) is 11.0 Å². The first-order chi connectivity index (χ1) is 13.8. The molecule has 4 nitrogen and oxygen atoms in total. The highest BCUT2D eigenvalue weighted by Gasteiger charge is 2.33. The first-order valence-electron chi connectivity index (χ1n) is 9.46. The number of hydrogen-bond acceptors (Lipinski definition) is 3. The molecular formula is C21H21F4N3O. The van der Waals surface area contributed by atoms with Gasteiger partial charge in [-0.15, -0.1) is 0 Å². The molecule has 1 N–H and O–H groups in total. The van der Waals surface area contributed by atoms with Crippen LogP contribution >= 0.6 is 0 Å². The van der Waals surface area contributed by atoms with Crippen molar-refractivity contribution in [1.82, 2.24) is 14.9 Å². The average molecular weight is 407 g/mol. The molecule has 1 aliphatic rings. The summed E-state index contributed by atoms with van der Waals surface area (Å²) in [4.78, 5) is 9.81.